The van der Waals surface area contributed by atoms with E-state index in [4.69, 9.17) is 4.74 Å². The van der Waals surface area contributed by atoms with E-state index in [2.05, 4.69) is 26.2 Å². The third kappa shape index (κ3) is 5.71. The molecule has 1 aliphatic rings. The standard InChI is InChI=1S/C16H33NO/c1-4-6-7-8-9-12-18-16-13-14(5-2)10-11-15(16)17-3/h14-17H,4-13H2,1-3H3. The first-order valence-electron chi connectivity index (χ1n) is 8.10. The molecule has 0 bridgehead atoms. The first-order chi connectivity index (χ1) is 8.81. The van der Waals surface area contributed by atoms with Gasteiger partial charge in [0.05, 0.1) is 6.10 Å². The maximum atomic E-state index is 6.14. The SMILES string of the molecule is CCCCCCCOC1CC(CC)CCC1NC. The summed E-state index contributed by atoms with van der Waals surface area (Å²) in [6.45, 7) is 5.54. The first-order valence-corrected chi connectivity index (χ1v) is 8.10. The van der Waals surface area contributed by atoms with Gasteiger partial charge >= 0.3 is 0 Å². The van der Waals surface area contributed by atoms with Crippen LogP contribution in [0, 0.1) is 5.92 Å². The third-order valence-electron chi connectivity index (χ3n) is 4.43. The van der Waals surface area contributed by atoms with Crippen LogP contribution in [-0.2, 0) is 4.74 Å². The van der Waals surface area contributed by atoms with E-state index in [0.717, 1.165) is 12.5 Å². The summed E-state index contributed by atoms with van der Waals surface area (Å²) in [6.07, 6.45) is 12.3. The van der Waals surface area contributed by atoms with Crippen molar-refractivity contribution in [3.05, 3.63) is 0 Å². The number of hydrogen-bond donors (Lipinski definition) is 1. The van der Waals surface area contributed by atoms with E-state index in [0.29, 0.717) is 12.1 Å². The van der Waals surface area contributed by atoms with Crippen LogP contribution >= 0.6 is 0 Å². The lowest BCUT2D eigenvalue weighted by Gasteiger charge is -2.35. The largest absolute Gasteiger partial charge is 0.377 e. The van der Waals surface area contributed by atoms with Gasteiger partial charge in [-0.2, -0.15) is 0 Å². The third-order valence-corrected chi connectivity index (χ3v) is 4.43. The fourth-order valence-corrected chi connectivity index (χ4v) is 3.04. The van der Waals surface area contributed by atoms with Crippen molar-refractivity contribution in [1.29, 1.82) is 0 Å². The maximum Gasteiger partial charge on any atom is 0.0730 e. The molecule has 0 heterocycles. The molecule has 1 saturated carbocycles. The highest BCUT2D eigenvalue weighted by Gasteiger charge is 2.29. The second kappa shape index (κ2) is 9.80. The summed E-state index contributed by atoms with van der Waals surface area (Å²) in [5.41, 5.74) is 0. The van der Waals surface area contributed by atoms with Gasteiger partial charge in [0.1, 0.15) is 0 Å². The molecule has 18 heavy (non-hydrogen) atoms. The van der Waals surface area contributed by atoms with E-state index < -0.39 is 0 Å². The molecule has 3 unspecified atom stereocenters. The zero-order valence-corrected chi connectivity index (χ0v) is 12.7. The molecule has 108 valence electrons. The lowest BCUT2D eigenvalue weighted by Crippen LogP contribution is -2.44. The van der Waals surface area contributed by atoms with Crippen molar-refractivity contribution >= 4 is 0 Å². The van der Waals surface area contributed by atoms with Gasteiger partial charge in [0, 0.05) is 12.6 Å². The Labute approximate surface area is 114 Å². The number of rotatable bonds is 9. The van der Waals surface area contributed by atoms with Gasteiger partial charge in [-0.05, 0) is 38.6 Å². The van der Waals surface area contributed by atoms with E-state index in [1.54, 1.807) is 0 Å². The number of unbranched alkanes of at least 4 members (excludes halogenated alkanes) is 4. The minimum Gasteiger partial charge on any atom is -0.377 e. The lowest BCUT2D eigenvalue weighted by molar-refractivity contribution is -0.0101. The molecule has 0 aromatic rings. The van der Waals surface area contributed by atoms with Gasteiger partial charge < -0.3 is 10.1 Å². The summed E-state index contributed by atoms with van der Waals surface area (Å²) < 4.78 is 6.14. The molecule has 1 fully saturated rings. The molecule has 0 aliphatic heterocycles. The quantitative estimate of drug-likeness (QED) is 0.625. The normalized spacial score (nSPS) is 28.5. The molecule has 1 rings (SSSR count). The Hall–Kier alpha value is -0.0800. The van der Waals surface area contributed by atoms with Crippen LogP contribution in [0.5, 0.6) is 0 Å². The van der Waals surface area contributed by atoms with Crippen molar-refractivity contribution < 1.29 is 4.74 Å². The van der Waals surface area contributed by atoms with E-state index in [-0.39, 0.29) is 0 Å². The first kappa shape index (κ1) is 16.0. The zero-order chi connectivity index (χ0) is 13.2. The molecule has 0 aromatic carbocycles. The summed E-state index contributed by atoms with van der Waals surface area (Å²) in [6, 6.07) is 0.587. The molecule has 2 nitrogen and oxygen atoms in total. The van der Waals surface area contributed by atoms with Crippen LogP contribution in [0.25, 0.3) is 0 Å². The van der Waals surface area contributed by atoms with Crippen LogP contribution in [0.1, 0.15) is 71.6 Å². The van der Waals surface area contributed by atoms with Gasteiger partial charge in [-0.3, -0.25) is 0 Å². The Morgan fingerprint density at radius 1 is 1.06 bits per heavy atom. The molecule has 0 spiro atoms. The van der Waals surface area contributed by atoms with Crippen LogP contribution in [0.2, 0.25) is 0 Å². The highest BCUT2D eigenvalue weighted by Crippen LogP contribution is 2.28. The van der Waals surface area contributed by atoms with Crippen LogP contribution in [0.3, 0.4) is 0 Å². The Kier molecular flexibility index (Phi) is 8.70. The summed E-state index contributed by atoms with van der Waals surface area (Å²) in [5, 5.41) is 3.43. The van der Waals surface area contributed by atoms with E-state index in [9.17, 15) is 0 Å². The minimum atomic E-state index is 0.458. The molecule has 2 heteroatoms. The Balaban J connectivity index is 2.16. The van der Waals surface area contributed by atoms with E-state index >= 15 is 0 Å². The molecule has 0 saturated heterocycles. The number of likely N-dealkylation sites (N-methyl/N-ethyl adjacent to an activating group) is 1. The highest BCUT2D eigenvalue weighted by atomic mass is 16.5. The summed E-state index contributed by atoms with van der Waals surface area (Å²) >= 11 is 0. The summed E-state index contributed by atoms with van der Waals surface area (Å²) in [5.74, 6) is 0.889. The van der Waals surface area contributed by atoms with Crippen molar-refractivity contribution in [1.82, 2.24) is 5.32 Å². The fraction of sp³-hybridized carbons (Fsp3) is 1.00. The van der Waals surface area contributed by atoms with E-state index in [1.807, 2.05) is 0 Å². The number of nitrogens with one attached hydrogen (secondary N) is 1. The van der Waals surface area contributed by atoms with Crippen LogP contribution in [-0.4, -0.2) is 25.8 Å². The second-order valence-corrected chi connectivity index (χ2v) is 5.81. The molecular formula is C16H33NO. The number of ether oxygens (including phenoxy) is 1. The van der Waals surface area contributed by atoms with Crippen molar-refractivity contribution in [3.8, 4) is 0 Å². The van der Waals surface area contributed by atoms with Gasteiger partial charge in [0.15, 0.2) is 0 Å². The topological polar surface area (TPSA) is 21.3 Å². The molecule has 3 atom stereocenters. The number of hydrogen-bond acceptors (Lipinski definition) is 2. The van der Waals surface area contributed by atoms with Crippen LogP contribution in [0.4, 0.5) is 0 Å². The van der Waals surface area contributed by atoms with Gasteiger partial charge in [-0.1, -0.05) is 46.0 Å². The van der Waals surface area contributed by atoms with Crippen molar-refractivity contribution in [2.75, 3.05) is 13.7 Å². The average molecular weight is 255 g/mol. The molecule has 1 aliphatic carbocycles. The zero-order valence-electron chi connectivity index (χ0n) is 12.7. The predicted molar refractivity (Wildman–Crippen MR) is 79.0 cm³/mol. The van der Waals surface area contributed by atoms with Crippen molar-refractivity contribution in [3.63, 3.8) is 0 Å². The molecule has 1 N–H and O–H groups in total. The average Bonchev–Trinajstić information content (AvgIpc) is 2.42. The summed E-state index contributed by atoms with van der Waals surface area (Å²) in [7, 11) is 2.08. The Morgan fingerprint density at radius 3 is 2.50 bits per heavy atom. The minimum absolute atomic E-state index is 0.458. The summed E-state index contributed by atoms with van der Waals surface area (Å²) in [4.78, 5) is 0. The van der Waals surface area contributed by atoms with Gasteiger partial charge in [0.25, 0.3) is 0 Å². The Bertz CT molecular complexity index is 196. The van der Waals surface area contributed by atoms with Crippen LogP contribution in [0.15, 0.2) is 0 Å². The maximum absolute atomic E-state index is 6.14. The van der Waals surface area contributed by atoms with Gasteiger partial charge in [-0.25, -0.2) is 0 Å². The highest BCUT2D eigenvalue weighted by molar-refractivity contribution is 4.84. The predicted octanol–water partition coefficient (Wildman–Crippen LogP) is 4.14. The van der Waals surface area contributed by atoms with Gasteiger partial charge in [0.2, 0.25) is 0 Å². The smallest absolute Gasteiger partial charge is 0.0730 e. The van der Waals surface area contributed by atoms with Crippen molar-refractivity contribution in [2.24, 2.45) is 5.92 Å². The Morgan fingerprint density at radius 2 is 1.83 bits per heavy atom. The fourth-order valence-electron chi connectivity index (χ4n) is 3.04. The molecule has 0 radical (unpaired) electrons. The van der Waals surface area contributed by atoms with Crippen molar-refractivity contribution in [2.45, 2.75) is 83.8 Å². The van der Waals surface area contributed by atoms with Gasteiger partial charge in [-0.15, -0.1) is 0 Å². The molecule has 0 aromatic heterocycles. The monoisotopic (exact) mass is 255 g/mol. The second-order valence-electron chi connectivity index (χ2n) is 5.81. The molecular weight excluding hydrogens is 222 g/mol. The van der Waals surface area contributed by atoms with E-state index in [1.165, 1.54) is 57.8 Å². The van der Waals surface area contributed by atoms with Crippen LogP contribution < -0.4 is 5.32 Å². The molecule has 0 amide bonds. The lowest BCUT2D eigenvalue weighted by atomic mass is 9.82.